The Bertz CT molecular complexity index is 1510. The number of aryl methyl sites for hydroxylation is 1. The first-order chi connectivity index (χ1) is 19.7. The summed E-state index contributed by atoms with van der Waals surface area (Å²) in [5.74, 6) is 0. The van der Waals surface area contributed by atoms with Gasteiger partial charge in [0.1, 0.15) is 0 Å². The maximum atomic E-state index is 4.66. The summed E-state index contributed by atoms with van der Waals surface area (Å²) >= 11 is 0. The molecule has 0 bridgehead atoms. The second-order valence-corrected chi connectivity index (χ2v) is 10.8. The van der Waals surface area contributed by atoms with Crippen molar-refractivity contribution in [2.75, 3.05) is 18.0 Å². The van der Waals surface area contributed by atoms with Crippen molar-refractivity contribution in [3.8, 4) is 22.5 Å². The Kier molecular flexibility index (Phi) is 7.97. The Hall–Kier alpha value is -4.28. The van der Waals surface area contributed by atoms with E-state index in [-0.39, 0.29) is 0 Å². The lowest BCUT2D eigenvalue weighted by atomic mass is 10.00. The van der Waals surface area contributed by atoms with Gasteiger partial charge in [0.15, 0.2) is 0 Å². The molecule has 4 heteroatoms. The molecule has 5 aromatic rings. The van der Waals surface area contributed by atoms with Gasteiger partial charge >= 0.3 is 0 Å². The van der Waals surface area contributed by atoms with E-state index in [0.29, 0.717) is 6.04 Å². The fraction of sp³-hybridized carbons (Fsp3) is 0.222. The molecule has 1 saturated heterocycles. The van der Waals surface area contributed by atoms with Crippen LogP contribution in [-0.4, -0.2) is 34.0 Å². The van der Waals surface area contributed by atoms with E-state index < -0.39 is 0 Å². The Balaban J connectivity index is 1.16. The van der Waals surface area contributed by atoms with Crippen molar-refractivity contribution >= 4 is 5.69 Å². The molecule has 0 N–H and O–H groups in total. The van der Waals surface area contributed by atoms with Crippen molar-refractivity contribution in [1.29, 1.82) is 0 Å². The lowest BCUT2D eigenvalue weighted by Crippen LogP contribution is -2.44. The van der Waals surface area contributed by atoms with Gasteiger partial charge in [-0.1, -0.05) is 78.4 Å². The van der Waals surface area contributed by atoms with Crippen LogP contribution in [0.5, 0.6) is 0 Å². The second kappa shape index (κ2) is 12.3. The highest BCUT2D eigenvalue weighted by atomic mass is 15.2. The van der Waals surface area contributed by atoms with Crippen molar-refractivity contribution in [3.63, 3.8) is 0 Å². The molecule has 1 aliphatic heterocycles. The van der Waals surface area contributed by atoms with Crippen LogP contribution in [0.25, 0.3) is 22.5 Å². The molecule has 1 aliphatic rings. The number of rotatable bonds is 8. The molecule has 0 aliphatic carbocycles. The number of nitrogens with zero attached hydrogens (tertiary/aromatic N) is 4. The third-order valence-corrected chi connectivity index (χ3v) is 7.91. The first-order valence-electron chi connectivity index (χ1n) is 14.3. The fourth-order valence-electron chi connectivity index (χ4n) is 5.69. The van der Waals surface area contributed by atoms with E-state index in [1.54, 1.807) is 0 Å². The van der Waals surface area contributed by atoms with E-state index >= 15 is 0 Å². The topological polar surface area (TPSA) is 32.3 Å². The number of anilines is 1. The van der Waals surface area contributed by atoms with E-state index in [9.17, 15) is 0 Å². The highest BCUT2D eigenvalue weighted by Gasteiger charge is 2.25. The molecule has 200 valence electrons. The number of pyridine rings is 2. The molecule has 0 radical (unpaired) electrons. The van der Waals surface area contributed by atoms with E-state index in [1.807, 2.05) is 18.5 Å². The predicted molar refractivity (Wildman–Crippen MR) is 165 cm³/mol. The van der Waals surface area contributed by atoms with Gasteiger partial charge in [0.2, 0.25) is 0 Å². The number of benzene rings is 3. The zero-order chi connectivity index (χ0) is 27.1. The molecule has 1 fully saturated rings. The maximum Gasteiger partial charge on any atom is 0.0705 e. The van der Waals surface area contributed by atoms with Gasteiger partial charge in [-0.05, 0) is 67.3 Å². The predicted octanol–water partition coefficient (Wildman–Crippen LogP) is 7.79. The van der Waals surface area contributed by atoms with Gasteiger partial charge in [-0.15, -0.1) is 0 Å². The van der Waals surface area contributed by atoms with Crippen molar-refractivity contribution < 1.29 is 0 Å². The SMILES string of the molecule is Cc1ccc(N(Cc2ccnc(-c3ccccc3)c2)C2CCN(Cc3ccnc(-c4ccccc4)c3)CC2)cc1. The lowest BCUT2D eigenvalue weighted by molar-refractivity contribution is 0.201. The molecular formula is C36H36N4. The van der Waals surface area contributed by atoms with Crippen LogP contribution >= 0.6 is 0 Å². The summed E-state index contributed by atoms with van der Waals surface area (Å²) in [5, 5.41) is 0. The number of likely N-dealkylation sites (tertiary alicyclic amines) is 1. The molecular weight excluding hydrogens is 488 g/mol. The van der Waals surface area contributed by atoms with Crippen LogP contribution in [0.4, 0.5) is 5.69 Å². The molecule has 2 aromatic heterocycles. The summed E-state index contributed by atoms with van der Waals surface area (Å²) in [5.41, 5.74) is 9.61. The molecule has 0 amide bonds. The van der Waals surface area contributed by atoms with Crippen LogP contribution in [0.1, 0.15) is 29.5 Å². The maximum absolute atomic E-state index is 4.66. The standard InChI is InChI=1S/C36H36N4/c1-28-12-14-33(15-13-28)40(27-30-17-21-38-36(25-30)32-10-6-3-7-11-32)34-18-22-39(23-19-34)26-29-16-20-37-35(24-29)31-8-4-2-5-9-31/h2-17,20-21,24-25,34H,18-19,22-23,26-27H2,1H3. The summed E-state index contributed by atoms with van der Waals surface area (Å²) < 4.78 is 0. The Labute approximate surface area is 238 Å². The fourth-order valence-corrected chi connectivity index (χ4v) is 5.69. The third kappa shape index (κ3) is 6.30. The molecule has 3 aromatic carbocycles. The zero-order valence-electron chi connectivity index (χ0n) is 23.2. The van der Waals surface area contributed by atoms with Gasteiger partial charge in [-0.25, -0.2) is 0 Å². The van der Waals surface area contributed by atoms with Crippen LogP contribution in [0, 0.1) is 6.92 Å². The monoisotopic (exact) mass is 524 g/mol. The number of piperidine rings is 1. The van der Waals surface area contributed by atoms with E-state index in [2.05, 4.69) is 130 Å². The van der Waals surface area contributed by atoms with Gasteiger partial charge in [-0.2, -0.15) is 0 Å². The highest BCUT2D eigenvalue weighted by Crippen LogP contribution is 2.28. The van der Waals surface area contributed by atoms with E-state index in [0.717, 1.165) is 56.0 Å². The van der Waals surface area contributed by atoms with Gasteiger partial charge < -0.3 is 4.90 Å². The smallest absolute Gasteiger partial charge is 0.0705 e. The van der Waals surface area contributed by atoms with E-state index in [1.165, 1.54) is 27.9 Å². The number of hydrogen-bond donors (Lipinski definition) is 0. The van der Waals surface area contributed by atoms with Gasteiger partial charge in [-0.3, -0.25) is 14.9 Å². The van der Waals surface area contributed by atoms with Gasteiger partial charge in [0.05, 0.1) is 11.4 Å². The molecule has 40 heavy (non-hydrogen) atoms. The van der Waals surface area contributed by atoms with Crippen LogP contribution < -0.4 is 4.90 Å². The average molecular weight is 525 g/mol. The van der Waals surface area contributed by atoms with Crippen molar-refractivity contribution in [1.82, 2.24) is 14.9 Å². The van der Waals surface area contributed by atoms with Crippen molar-refractivity contribution in [3.05, 3.63) is 138 Å². The van der Waals surface area contributed by atoms with Gasteiger partial charge in [0, 0.05) is 61.4 Å². The number of hydrogen-bond acceptors (Lipinski definition) is 4. The van der Waals surface area contributed by atoms with E-state index in [4.69, 9.17) is 0 Å². The molecule has 0 atom stereocenters. The highest BCUT2D eigenvalue weighted by molar-refractivity contribution is 5.60. The summed E-state index contributed by atoms with van der Waals surface area (Å²) in [6, 6.07) is 39.2. The molecule has 0 unspecified atom stereocenters. The second-order valence-electron chi connectivity index (χ2n) is 10.8. The summed E-state index contributed by atoms with van der Waals surface area (Å²) in [7, 11) is 0. The molecule has 6 rings (SSSR count). The molecule has 4 nitrogen and oxygen atoms in total. The van der Waals surface area contributed by atoms with Crippen molar-refractivity contribution in [2.45, 2.75) is 38.9 Å². The van der Waals surface area contributed by atoms with Gasteiger partial charge in [0.25, 0.3) is 0 Å². The van der Waals surface area contributed by atoms with Crippen LogP contribution in [0.3, 0.4) is 0 Å². The van der Waals surface area contributed by atoms with Crippen LogP contribution in [0.2, 0.25) is 0 Å². The molecule has 0 spiro atoms. The minimum Gasteiger partial charge on any atom is -0.364 e. The van der Waals surface area contributed by atoms with Crippen LogP contribution in [-0.2, 0) is 13.1 Å². The Morgan fingerprint density at radius 2 is 1.23 bits per heavy atom. The first-order valence-corrected chi connectivity index (χ1v) is 14.3. The Morgan fingerprint density at radius 3 is 1.82 bits per heavy atom. The first kappa shape index (κ1) is 26.0. The average Bonchev–Trinajstić information content (AvgIpc) is 3.02. The quantitative estimate of drug-likeness (QED) is 0.207. The lowest BCUT2D eigenvalue weighted by Gasteiger charge is -2.40. The number of aromatic nitrogens is 2. The minimum absolute atomic E-state index is 0.490. The van der Waals surface area contributed by atoms with Crippen LogP contribution in [0.15, 0.2) is 122 Å². The summed E-state index contributed by atoms with van der Waals surface area (Å²) in [4.78, 5) is 14.5. The summed E-state index contributed by atoms with van der Waals surface area (Å²) in [6.45, 7) is 6.17. The summed E-state index contributed by atoms with van der Waals surface area (Å²) in [6.07, 6.45) is 6.18. The Morgan fingerprint density at radius 1 is 0.675 bits per heavy atom. The van der Waals surface area contributed by atoms with Crippen molar-refractivity contribution in [2.24, 2.45) is 0 Å². The molecule has 3 heterocycles. The minimum atomic E-state index is 0.490. The zero-order valence-corrected chi connectivity index (χ0v) is 23.2. The molecule has 0 saturated carbocycles. The largest absolute Gasteiger partial charge is 0.364 e. The normalized spacial score (nSPS) is 14.2. The third-order valence-electron chi connectivity index (χ3n) is 7.91.